The molecular weight excluding hydrogens is 226 g/mol. The average Bonchev–Trinajstić information content (AvgIpc) is 2.28. The van der Waals surface area contributed by atoms with Crippen molar-refractivity contribution in [2.24, 2.45) is 5.73 Å². The molecule has 1 atom stereocenters. The minimum absolute atomic E-state index is 0. The first-order valence-corrected chi connectivity index (χ1v) is 5.16. The lowest BCUT2D eigenvalue weighted by molar-refractivity contribution is -0.143. The van der Waals surface area contributed by atoms with Gasteiger partial charge in [-0.15, -0.1) is 12.4 Å². The first-order valence-electron chi connectivity index (χ1n) is 5.16. The Morgan fingerprint density at radius 2 is 1.81 bits per heavy atom. The monoisotopic (exact) mass is 243 g/mol. The summed E-state index contributed by atoms with van der Waals surface area (Å²) in [5, 5.41) is 9.09. The van der Waals surface area contributed by atoms with Gasteiger partial charge in [-0.25, -0.2) is 4.79 Å². The molecule has 3 N–H and O–H groups in total. The molecule has 0 aliphatic heterocycles. The van der Waals surface area contributed by atoms with E-state index in [2.05, 4.69) is 6.92 Å². The van der Waals surface area contributed by atoms with Crippen molar-refractivity contribution in [3.05, 3.63) is 35.4 Å². The molecule has 0 heterocycles. The summed E-state index contributed by atoms with van der Waals surface area (Å²) in [6, 6.07) is 7.46. The van der Waals surface area contributed by atoms with Crippen LogP contribution >= 0.6 is 12.4 Å². The van der Waals surface area contributed by atoms with E-state index in [-0.39, 0.29) is 12.4 Å². The second-order valence-corrected chi connectivity index (χ2v) is 3.68. The second-order valence-electron chi connectivity index (χ2n) is 3.68. The molecule has 16 heavy (non-hydrogen) atoms. The summed E-state index contributed by atoms with van der Waals surface area (Å²) < 4.78 is 0. The molecule has 0 fully saturated rings. The van der Waals surface area contributed by atoms with Gasteiger partial charge in [-0.05, 0) is 24.0 Å². The molecule has 1 rings (SSSR count). The largest absolute Gasteiger partial charge is 0.480 e. The number of hydrogen-bond donors (Lipinski definition) is 2. The third kappa shape index (κ3) is 2.74. The number of halogens is 1. The predicted molar refractivity (Wildman–Crippen MR) is 66.9 cm³/mol. The molecule has 0 aromatic heterocycles. The van der Waals surface area contributed by atoms with Gasteiger partial charge < -0.3 is 10.8 Å². The number of aryl methyl sites for hydroxylation is 1. The topological polar surface area (TPSA) is 63.3 Å². The number of carbonyl (C=O) groups is 1. The Balaban J connectivity index is 0.00000225. The fourth-order valence-electron chi connectivity index (χ4n) is 1.52. The maximum absolute atomic E-state index is 11.1. The van der Waals surface area contributed by atoms with Crippen molar-refractivity contribution in [1.82, 2.24) is 0 Å². The maximum atomic E-state index is 11.1. The molecule has 0 saturated carbocycles. The highest BCUT2D eigenvalue weighted by Crippen LogP contribution is 2.22. The summed E-state index contributed by atoms with van der Waals surface area (Å²) in [6.07, 6.45) is 1.32. The van der Waals surface area contributed by atoms with Gasteiger partial charge in [0.05, 0.1) is 0 Å². The van der Waals surface area contributed by atoms with E-state index in [0.717, 1.165) is 6.42 Å². The Bertz CT molecular complexity index is 351. The zero-order valence-corrected chi connectivity index (χ0v) is 10.4. The van der Waals surface area contributed by atoms with Gasteiger partial charge >= 0.3 is 5.97 Å². The van der Waals surface area contributed by atoms with Gasteiger partial charge in [-0.2, -0.15) is 0 Å². The zero-order chi connectivity index (χ0) is 11.5. The van der Waals surface area contributed by atoms with Crippen LogP contribution in [0.5, 0.6) is 0 Å². The van der Waals surface area contributed by atoms with Gasteiger partial charge in [0.25, 0.3) is 0 Å². The van der Waals surface area contributed by atoms with Crippen molar-refractivity contribution < 1.29 is 9.90 Å². The smallest absolute Gasteiger partial charge is 0.328 e. The van der Waals surface area contributed by atoms with Crippen LogP contribution in [0, 0.1) is 0 Å². The number of aliphatic carboxylic acids is 1. The van der Waals surface area contributed by atoms with Crippen molar-refractivity contribution in [3.63, 3.8) is 0 Å². The average molecular weight is 244 g/mol. The molecule has 1 unspecified atom stereocenters. The summed E-state index contributed by atoms with van der Waals surface area (Å²) in [7, 11) is 0. The Hall–Kier alpha value is -1.06. The zero-order valence-electron chi connectivity index (χ0n) is 9.56. The highest BCUT2D eigenvalue weighted by Gasteiger charge is 2.33. The number of benzene rings is 1. The molecule has 0 amide bonds. The minimum Gasteiger partial charge on any atom is -0.480 e. The molecule has 4 heteroatoms. The van der Waals surface area contributed by atoms with Crippen LogP contribution in [0.2, 0.25) is 0 Å². The first kappa shape index (κ1) is 14.9. The van der Waals surface area contributed by atoms with E-state index >= 15 is 0 Å². The number of carboxylic acids is 1. The van der Waals surface area contributed by atoms with Crippen LogP contribution in [0.1, 0.15) is 31.4 Å². The van der Waals surface area contributed by atoms with E-state index in [0.29, 0.717) is 12.0 Å². The summed E-state index contributed by atoms with van der Waals surface area (Å²) in [5.74, 6) is -0.978. The van der Waals surface area contributed by atoms with E-state index in [1.54, 1.807) is 19.1 Å². The van der Waals surface area contributed by atoms with E-state index in [4.69, 9.17) is 10.8 Å². The van der Waals surface area contributed by atoms with Crippen LogP contribution in [0.15, 0.2) is 24.3 Å². The van der Waals surface area contributed by atoms with Crippen LogP contribution < -0.4 is 5.73 Å². The Kier molecular flexibility index (Phi) is 5.48. The SMILES string of the molecule is CCc1ccc(C(N)(CC)C(=O)O)cc1.Cl. The molecular formula is C12H18ClNO2. The fourth-order valence-corrected chi connectivity index (χ4v) is 1.52. The number of carboxylic acid groups (broad SMARTS) is 1. The lowest BCUT2D eigenvalue weighted by atomic mass is 9.88. The third-order valence-electron chi connectivity index (χ3n) is 2.82. The van der Waals surface area contributed by atoms with Gasteiger partial charge in [0.1, 0.15) is 5.54 Å². The second kappa shape index (κ2) is 5.87. The lowest BCUT2D eigenvalue weighted by Crippen LogP contribution is -2.44. The van der Waals surface area contributed by atoms with Gasteiger partial charge in [-0.1, -0.05) is 38.1 Å². The van der Waals surface area contributed by atoms with Crippen LogP contribution in [0.4, 0.5) is 0 Å². The number of nitrogens with two attached hydrogens (primary N) is 1. The summed E-state index contributed by atoms with van der Waals surface area (Å²) in [6.45, 7) is 3.84. The van der Waals surface area contributed by atoms with E-state index in [1.807, 2.05) is 12.1 Å². The van der Waals surface area contributed by atoms with Crippen LogP contribution in [0.25, 0.3) is 0 Å². The molecule has 1 aromatic carbocycles. The van der Waals surface area contributed by atoms with E-state index in [9.17, 15) is 4.79 Å². The lowest BCUT2D eigenvalue weighted by Gasteiger charge is -2.23. The number of hydrogen-bond acceptors (Lipinski definition) is 2. The van der Waals surface area contributed by atoms with Crippen molar-refractivity contribution in [3.8, 4) is 0 Å². The van der Waals surface area contributed by atoms with Gasteiger partial charge in [-0.3, -0.25) is 0 Å². The maximum Gasteiger partial charge on any atom is 0.328 e. The highest BCUT2D eigenvalue weighted by molar-refractivity contribution is 5.85. The minimum atomic E-state index is -1.26. The van der Waals surface area contributed by atoms with Crippen molar-refractivity contribution >= 4 is 18.4 Å². The van der Waals surface area contributed by atoms with Crippen LogP contribution in [-0.4, -0.2) is 11.1 Å². The first-order chi connectivity index (χ1) is 7.04. The van der Waals surface area contributed by atoms with Crippen molar-refractivity contribution in [2.75, 3.05) is 0 Å². The third-order valence-corrected chi connectivity index (χ3v) is 2.82. The van der Waals surface area contributed by atoms with Crippen molar-refractivity contribution in [1.29, 1.82) is 0 Å². The standard InChI is InChI=1S/C12H17NO2.ClH/c1-3-9-5-7-10(8-6-9)12(13,4-2)11(14)15;/h5-8H,3-4,13H2,1-2H3,(H,14,15);1H. The molecule has 0 aliphatic carbocycles. The quantitative estimate of drug-likeness (QED) is 0.853. The molecule has 0 spiro atoms. The predicted octanol–water partition coefficient (Wildman–Crippen LogP) is 2.32. The van der Waals surface area contributed by atoms with Crippen LogP contribution in [-0.2, 0) is 16.8 Å². The Morgan fingerprint density at radius 1 is 1.31 bits per heavy atom. The molecule has 0 aliphatic rings. The molecule has 0 bridgehead atoms. The summed E-state index contributed by atoms with van der Waals surface area (Å²) in [4.78, 5) is 11.1. The summed E-state index contributed by atoms with van der Waals surface area (Å²) in [5.41, 5.74) is 6.44. The molecule has 1 aromatic rings. The fraction of sp³-hybridized carbons (Fsp3) is 0.417. The van der Waals surface area contributed by atoms with Crippen molar-refractivity contribution in [2.45, 2.75) is 32.2 Å². The van der Waals surface area contributed by atoms with E-state index < -0.39 is 11.5 Å². The molecule has 90 valence electrons. The van der Waals surface area contributed by atoms with Crippen LogP contribution in [0.3, 0.4) is 0 Å². The summed E-state index contributed by atoms with van der Waals surface area (Å²) >= 11 is 0. The van der Waals surface area contributed by atoms with Gasteiger partial charge in [0.2, 0.25) is 0 Å². The normalized spacial score (nSPS) is 13.7. The number of rotatable bonds is 4. The molecule has 0 saturated heterocycles. The molecule has 0 radical (unpaired) electrons. The Morgan fingerprint density at radius 3 is 2.12 bits per heavy atom. The van der Waals surface area contributed by atoms with Gasteiger partial charge in [0, 0.05) is 0 Å². The van der Waals surface area contributed by atoms with E-state index in [1.165, 1.54) is 5.56 Å². The van der Waals surface area contributed by atoms with Gasteiger partial charge in [0.15, 0.2) is 0 Å². The molecule has 3 nitrogen and oxygen atoms in total. The highest BCUT2D eigenvalue weighted by atomic mass is 35.5. The Labute approximate surface area is 102 Å².